The second-order valence-corrected chi connectivity index (χ2v) is 12.8. The van der Waals surface area contributed by atoms with Gasteiger partial charge >= 0.3 is 0 Å². The van der Waals surface area contributed by atoms with Gasteiger partial charge in [0.1, 0.15) is 5.75 Å². The Balaban J connectivity index is 1.31. The molecule has 6 rings (SSSR count). The zero-order chi connectivity index (χ0) is 26.1. The molecule has 0 unspecified atom stereocenters. The van der Waals surface area contributed by atoms with Crippen molar-refractivity contribution in [1.29, 1.82) is 0 Å². The van der Waals surface area contributed by atoms with Crippen LogP contribution in [-0.2, 0) is 16.6 Å². The van der Waals surface area contributed by atoms with E-state index in [1.165, 1.54) is 48.8 Å². The average molecular weight is 515 g/mol. The minimum atomic E-state index is -0.117. The molecule has 2 aliphatic carbocycles. The van der Waals surface area contributed by atoms with Crippen LogP contribution in [0, 0.1) is 11.8 Å². The maximum atomic E-state index is 14.7. The fourth-order valence-corrected chi connectivity index (χ4v) is 8.46. The highest BCUT2D eigenvalue weighted by Gasteiger charge is 2.52. The molecule has 1 N–H and O–H groups in total. The van der Waals surface area contributed by atoms with Gasteiger partial charge in [-0.15, -0.1) is 0 Å². The molecule has 0 radical (unpaired) electrons. The van der Waals surface area contributed by atoms with E-state index in [1.54, 1.807) is 0 Å². The first-order valence-corrected chi connectivity index (χ1v) is 15.4. The molecule has 1 spiro atoms. The molecule has 2 aromatic rings. The van der Waals surface area contributed by atoms with Gasteiger partial charge in [-0.2, -0.15) is 0 Å². The van der Waals surface area contributed by atoms with Crippen molar-refractivity contribution in [3.63, 3.8) is 0 Å². The average Bonchev–Trinajstić information content (AvgIpc) is 3.37. The van der Waals surface area contributed by atoms with Gasteiger partial charge in [0.05, 0.1) is 12.0 Å². The van der Waals surface area contributed by atoms with Gasteiger partial charge in [-0.3, -0.25) is 4.79 Å². The molecule has 2 saturated heterocycles. The Kier molecular flexibility index (Phi) is 7.53. The Morgan fingerprint density at radius 2 is 1.82 bits per heavy atom. The van der Waals surface area contributed by atoms with Gasteiger partial charge in [-0.05, 0) is 93.4 Å². The molecule has 1 saturated carbocycles. The van der Waals surface area contributed by atoms with Crippen molar-refractivity contribution in [2.24, 2.45) is 11.8 Å². The number of hydrogen-bond donors (Lipinski definition) is 1. The van der Waals surface area contributed by atoms with Crippen LogP contribution in [0.1, 0.15) is 94.2 Å². The van der Waals surface area contributed by atoms with E-state index in [1.807, 2.05) is 0 Å². The molecule has 3 fully saturated rings. The molecule has 4 atom stereocenters. The summed E-state index contributed by atoms with van der Waals surface area (Å²) in [7, 11) is 0. The Labute approximate surface area is 229 Å². The second-order valence-electron chi connectivity index (χ2n) is 12.8. The monoisotopic (exact) mass is 514 g/mol. The van der Waals surface area contributed by atoms with Crippen molar-refractivity contribution in [2.75, 3.05) is 19.6 Å². The van der Waals surface area contributed by atoms with E-state index < -0.39 is 0 Å². The number of ether oxygens (including phenoxy) is 1. The molecule has 2 aliphatic heterocycles. The fraction of sp³-hybridized carbons (Fsp3) is 0.618. The number of carbonyl (C=O) groups excluding carboxylic acids is 1. The third-order valence-electron chi connectivity index (χ3n) is 10.2. The normalized spacial score (nSPS) is 30.0. The number of nitrogens with one attached hydrogen (secondary N) is 1. The van der Waals surface area contributed by atoms with Crippen LogP contribution in [0.5, 0.6) is 5.75 Å². The zero-order valence-electron chi connectivity index (χ0n) is 23.5. The number of nitrogens with zero attached hydrogens (tertiary/aromatic N) is 1. The molecular weight excluding hydrogens is 468 g/mol. The smallest absolute Gasteiger partial charge is 0.228 e. The van der Waals surface area contributed by atoms with Crippen molar-refractivity contribution < 1.29 is 9.53 Å². The maximum Gasteiger partial charge on any atom is 0.228 e. The number of piperidine rings is 1. The van der Waals surface area contributed by atoms with Crippen molar-refractivity contribution >= 4 is 5.91 Å². The highest BCUT2D eigenvalue weighted by molar-refractivity contribution is 5.82. The molecule has 4 nitrogen and oxygen atoms in total. The predicted octanol–water partition coefficient (Wildman–Crippen LogP) is 6.62. The van der Waals surface area contributed by atoms with Crippen LogP contribution in [0.2, 0.25) is 0 Å². The van der Waals surface area contributed by atoms with Gasteiger partial charge in [0.25, 0.3) is 0 Å². The molecule has 4 heteroatoms. The van der Waals surface area contributed by atoms with E-state index in [9.17, 15) is 4.79 Å². The zero-order valence-corrected chi connectivity index (χ0v) is 23.5. The van der Waals surface area contributed by atoms with E-state index in [4.69, 9.17) is 4.74 Å². The van der Waals surface area contributed by atoms with Gasteiger partial charge in [0.15, 0.2) is 0 Å². The first kappa shape index (κ1) is 25.9. The predicted molar refractivity (Wildman–Crippen MR) is 154 cm³/mol. The standard InChI is InChI=1S/C34H46N2O2/c1-24(2)38-32-17-9-16-29-28(32)15-10-19-34(29)23-35-22-30(34)33(37)36-20-18-27(25-11-5-3-6-12-25)21-31(36)26-13-7-4-8-14-26/h3,5-6,9,11-12,16-17,24,26-27,30-31,35H,4,7-8,10,13-15,18-23H2,1-2H3/t27-,30+,31+,34+/m1/s1. The summed E-state index contributed by atoms with van der Waals surface area (Å²) in [5.41, 5.74) is 4.06. The summed E-state index contributed by atoms with van der Waals surface area (Å²) >= 11 is 0. The van der Waals surface area contributed by atoms with Crippen molar-refractivity contribution in [1.82, 2.24) is 10.2 Å². The molecule has 2 aromatic carbocycles. The van der Waals surface area contributed by atoms with Crippen molar-refractivity contribution in [3.8, 4) is 5.75 Å². The van der Waals surface area contributed by atoms with Gasteiger partial charge in [0, 0.05) is 31.1 Å². The molecular formula is C34H46N2O2. The molecule has 1 amide bonds. The lowest BCUT2D eigenvalue weighted by Crippen LogP contribution is -2.55. The lowest BCUT2D eigenvalue weighted by molar-refractivity contribution is -0.143. The minimum Gasteiger partial charge on any atom is -0.491 e. The van der Waals surface area contributed by atoms with E-state index in [0.29, 0.717) is 23.8 Å². The largest absolute Gasteiger partial charge is 0.491 e. The summed E-state index contributed by atoms with van der Waals surface area (Å²) in [6.45, 7) is 6.80. The molecule has 204 valence electrons. The van der Waals surface area contributed by atoms with Crippen LogP contribution in [0.4, 0.5) is 0 Å². The summed E-state index contributed by atoms with van der Waals surface area (Å²) in [6, 6.07) is 18.0. The van der Waals surface area contributed by atoms with E-state index >= 15 is 0 Å². The van der Waals surface area contributed by atoms with Gasteiger partial charge in [-0.25, -0.2) is 0 Å². The topological polar surface area (TPSA) is 41.6 Å². The minimum absolute atomic E-state index is 0.00946. The Morgan fingerprint density at radius 1 is 1.00 bits per heavy atom. The van der Waals surface area contributed by atoms with Crippen LogP contribution in [0.15, 0.2) is 48.5 Å². The van der Waals surface area contributed by atoms with Crippen LogP contribution in [0.3, 0.4) is 0 Å². The number of amides is 1. The van der Waals surface area contributed by atoms with Gasteiger partial charge in [0.2, 0.25) is 5.91 Å². The number of hydrogen-bond acceptors (Lipinski definition) is 3. The van der Waals surface area contributed by atoms with Crippen LogP contribution >= 0.6 is 0 Å². The van der Waals surface area contributed by atoms with E-state index in [2.05, 4.69) is 72.6 Å². The quantitative estimate of drug-likeness (QED) is 0.487. The summed E-state index contributed by atoms with van der Waals surface area (Å²) in [5, 5.41) is 3.69. The third-order valence-corrected chi connectivity index (χ3v) is 10.2. The van der Waals surface area contributed by atoms with Gasteiger partial charge in [-0.1, -0.05) is 61.7 Å². The SMILES string of the molecule is CC(C)Oc1cccc2c1CCC[C@]21CNC[C@H]1C(=O)N1CC[C@@H](c2ccccc2)C[C@H]1C1CCCCC1. The summed E-state index contributed by atoms with van der Waals surface area (Å²) in [5.74, 6) is 2.66. The first-order valence-electron chi connectivity index (χ1n) is 15.4. The molecule has 0 bridgehead atoms. The lowest BCUT2D eigenvalue weighted by Gasteiger charge is -2.48. The first-order chi connectivity index (χ1) is 18.6. The Morgan fingerprint density at radius 3 is 2.61 bits per heavy atom. The second kappa shape index (κ2) is 11.0. The number of rotatable bonds is 5. The highest BCUT2D eigenvalue weighted by Crippen LogP contribution is 2.49. The van der Waals surface area contributed by atoms with Crippen LogP contribution < -0.4 is 10.1 Å². The third kappa shape index (κ3) is 4.78. The van der Waals surface area contributed by atoms with Crippen LogP contribution in [0.25, 0.3) is 0 Å². The molecule has 0 aromatic heterocycles. The summed E-state index contributed by atoms with van der Waals surface area (Å²) < 4.78 is 6.26. The summed E-state index contributed by atoms with van der Waals surface area (Å²) in [6.07, 6.45) is 12.2. The summed E-state index contributed by atoms with van der Waals surface area (Å²) in [4.78, 5) is 17.1. The number of fused-ring (bicyclic) bond motifs is 2. The Bertz CT molecular complexity index is 1110. The molecule has 2 heterocycles. The lowest BCUT2D eigenvalue weighted by atomic mass is 9.63. The number of carbonyl (C=O) groups is 1. The molecule has 4 aliphatic rings. The van der Waals surface area contributed by atoms with Crippen molar-refractivity contribution in [3.05, 3.63) is 65.2 Å². The van der Waals surface area contributed by atoms with Crippen molar-refractivity contribution in [2.45, 2.75) is 102 Å². The fourth-order valence-electron chi connectivity index (χ4n) is 8.46. The van der Waals surface area contributed by atoms with E-state index in [0.717, 1.165) is 57.5 Å². The van der Waals surface area contributed by atoms with Gasteiger partial charge < -0.3 is 15.0 Å². The highest BCUT2D eigenvalue weighted by atomic mass is 16.5. The number of likely N-dealkylation sites (tertiary alicyclic amines) is 1. The number of benzene rings is 2. The van der Waals surface area contributed by atoms with Crippen LogP contribution in [-0.4, -0.2) is 42.6 Å². The van der Waals surface area contributed by atoms with E-state index in [-0.39, 0.29) is 17.4 Å². The Hall–Kier alpha value is -2.33. The molecule has 38 heavy (non-hydrogen) atoms. The maximum absolute atomic E-state index is 14.7.